The van der Waals surface area contributed by atoms with Gasteiger partial charge in [-0.1, -0.05) is 37.2 Å². The summed E-state index contributed by atoms with van der Waals surface area (Å²) in [4.78, 5) is 0.759. The maximum Gasteiger partial charge on any atom is 0.243 e. The number of sulfonamides is 1. The molecule has 0 bridgehead atoms. The Morgan fingerprint density at radius 3 is 2.57 bits per heavy atom. The predicted molar refractivity (Wildman–Crippen MR) is 88.8 cm³/mol. The highest BCUT2D eigenvalue weighted by Gasteiger charge is 2.29. The fraction of sp³-hybridized carbons (Fsp3) is 0.533. The van der Waals surface area contributed by atoms with E-state index in [0.29, 0.717) is 22.8 Å². The molecular formula is C15H22N2O2S2. The first kappa shape index (κ1) is 16.4. The number of thiocarbonyl (C=S) groups is 1. The van der Waals surface area contributed by atoms with Crippen molar-refractivity contribution < 1.29 is 8.42 Å². The molecular weight excluding hydrogens is 304 g/mol. The first-order valence-corrected chi connectivity index (χ1v) is 9.15. The van der Waals surface area contributed by atoms with E-state index in [1.807, 2.05) is 6.92 Å². The van der Waals surface area contributed by atoms with Crippen molar-refractivity contribution in [1.82, 2.24) is 4.31 Å². The first-order valence-electron chi connectivity index (χ1n) is 7.30. The molecule has 1 aromatic carbocycles. The summed E-state index contributed by atoms with van der Waals surface area (Å²) in [5.41, 5.74) is 6.44. The van der Waals surface area contributed by atoms with E-state index < -0.39 is 10.0 Å². The first-order chi connectivity index (χ1) is 9.91. The standard InChI is InChI=1S/C15H22N2O2S2/c1-12-5-3-2-4-10-17(12)21(18,19)14-8-6-13(7-9-14)11-15(16)20/h6-9,12H,2-5,10-11H2,1H3,(H2,16,20). The molecule has 21 heavy (non-hydrogen) atoms. The monoisotopic (exact) mass is 326 g/mol. The number of benzene rings is 1. The molecule has 116 valence electrons. The van der Waals surface area contributed by atoms with Crippen LogP contribution in [0.5, 0.6) is 0 Å². The van der Waals surface area contributed by atoms with Crippen LogP contribution in [-0.4, -0.2) is 30.3 Å². The van der Waals surface area contributed by atoms with E-state index in [1.54, 1.807) is 28.6 Å². The minimum atomic E-state index is -3.41. The number of nitrogens with two attached hydrogens (primary N) is 1. The zero-order valence-electron chi connectivity index (χ0n) is 12.3. The second kappa shape index (κ2) is 6.85. The molecule has 1 aliphatic rings. The van der Waals surface area contributed by atoms with Gasteiger partial charge in [0.15, 0.2) is 0 Å². The molecule has 1 aliphatic heterocycles. The summed E-state index contributed by atoms with van der Waals surface area (Å²) in [6.45, 7) is 2.60. The smallest absolute Gasteiger partial charge is 0.243 e. The highest BCUT2D eigenvalue weighted by molar-refractivity contribution is 7.89. The minimum Gasteiger partial charge on any atom is -0.393 e. The van der Waals surface area contributed by atoms with Gasteiger partial charge >= 0.3 is 0 Å². The third kappa shape index (κ3) is 4.02. The lowest BCUT2D eigenvalue weighted by Crippen LogP contribution is -2.38. The van der Waals surface area contributed by atoms with Gasteiger partial charge in [0.2, 0.25) is 10.0 Å². The molecule has 1 fully saturated rings. The van der Waals surface area contributed by atoms with Crippen molar-refractivity contribution in [1.29, 1.82) is 0 Å². The van der Waals surface area contributed by atoms with Crippen LogP contribution in [0.4, 0.5) is 0 Å². The van der Waals surface area contributed by atoms with Gasteiger partial charge in [-0.2, -0.15) is 4.31 Å². The van der Waals surface area contributed by atoms with Crippen molar-refractivity contribution in [3.63, 3.8) is 0 Å². The molecule has 1 aromatic rings. The van der Waals surface area contributed by atoms with E-state index in [-0.39, 0.29) is 6.04 Å². The van der Waals surface area contributed by atoms with Gasteiger partial charge in [-0.15, -0.1) is 0 Å². The fourth-order valence-corrected chi connectivity index (χ4v) is 4.59. The molecule has 6 heteroatoms. The molecule has 2 rings (SSSR count). The molecule has 0 radical (unpaired) electrons. The summed E-state index contributed by atoms with van der Waals surface area (Å²) < 4.78 is 27.2. The number of nitrogens with zero attached hydrogens (tertiary/aromatic N) is 1. The van der Waals surface area contributed by atoms with Crippen LogP contribution in [0.25, 0.3) is 0 Å². The molecule has 0 aromatic heterocycles. The van der Waals surface area contributed by atoms with Gasteiger partial charge in [-0.05, 0) is 37.5 Å². The highest BCUT2D eigenvalue weighted by Crippen LogP contribution is 2.24. The second-order valence-electron chi connectivity index (χ2n) is 5.60. The second-order valence-corrected chi connectivity index (χ2v) is 8.02. The highest BCUT2D eigenvalue weighted by atomic mass is 32.2. The Bertz CT molecular complexity index is 597. The lowest BCUT2D eigenvalue weighted by molar-refractivity contribution is 0.342. The van der Waals surface area contributed by atoms with Crippen LogP contribution in [0.2, 0.25) is 0 Å². The Labute approximate surface area is 132 Å². The van der Waals surface area contributed by atoms with Gasteiger partial charge < -0.3 is 5.73 Å². The average molecular weight is 326 g/mol. The van der Waals surface area contributed by atoms with E-state index in [4.69, 9.17) is 18.0 Å². The lowest BCUT2D eigenvalue weighted by atomic mass is 10.1. The summed E-state index contributed by atoms with van der Waals surface area (Å²) in [5, 5.41) is 0. The summed E-state index contributed by atoms with van der Waals surface area (Å²) >= 11 is 4.87. The Hall–Kier alpha value is -0.980. The van der Waals surface area contributed by atoms with Gasteiger partial charge in [0.25, 0.3) is 0 Å². The summed E-state index contributed by atoms with van der Waals surface area (Å²) in [7, 11) is -3.41. The van der Waals surface area contributed by atoms with Gasteiger partial charge in [0.1, 0.15) is 0 Å². The predicted octanol–water partition coefficient (Wildman–Crippen LogP) is 2.47. The SMILES string of the molecule is CC1CCCCCN1S(=O)(=O)c1ccc(CC(N)=S)cc1. The molecule has 4 nitrogen and oxygen atoms in total. The van der Waals surface area contributed by atoms with Crippen LogP contribution >= 0.6 is 12.2 Å². The maximum atomic E-state index is 12.8. The number of rotatable bonds is 4. The van der Waals surface area contributed by atoms with Crippen molar-refractivity contribution in [2.24, 2.45) is 5.73 Å². The largest absolute Gasteiger partial charge is 0.393 e. The van der Waals surface area contributed by atoms with E-state index in [2.05, 4.69) is 0 Å². The quantitative estimate of drug-likeness (QED) is 0.863. The van der Waals surface area contributed by atoms with Crippen molar-refractivity contribution in [3.05, 3.63) is 29.8 Å². The Morgan fingerprint density at radius 2 is 1.95 bits per heavy atom. The van der Waals surface area contributed by atoms with E-state index >= 15 is 0 Å². The zero-order chi connectivity index (χ0) is 15.5. The molecule has 1 atom stereocenters. The topological polar surface area (TPSA) is 63.4 Å². The van der Waals surface area contributed by atoms with Crippen LogP contribution in [0.15, 0.2) is 29.2 Å². The molecule has 0 spiro atoms. The average Bonchev–Trinajstić information content (AvgIpc) is 2.63. The Kier molecular flexibility index (Phi) is 5.35. The van der Waals surface area contributed by atoms with E-state index in [9.17, 15) is 8.42 Å². The Morgan fingerprint density at radius 1 is 1.29 bits per heavy atom. The summed E-state index contributed by atoms with van der Waals surface area (Å²) in [5.74, 6) is 0. The summed E-state index contributed by atoms with van der Waals surface area (Å²) in [6, 6.07) is 6.94. The van der Waals surface area contributed by atoms with E-state index in [1.165, 1.54) is 0 Å². The normalized spacial score (nSPS) is 20.9. The third-order valence-electron chi connectivity index (χ3n) is 3.90. The molecule has 1 heterocycles. The fourth-order valence-electron chi connectivity index (χ4n) is 2.72. The molecule has 0 saturated carbocycles. The van der Waals surface area contributed by atoms with Crippen LogP contribution in [0.1, 0.15) is 38.2 Å². The summed E-state index contributed by atoms with van der Waals surface area (Å²) in [6.07, 6.45) is 4.56. The van der Waals surface area contributed by atoms with Gasteiger partial charge in [-0.3, -0.25) is 0 Å². The lowest BCUT2D eigenvalue weighted by Gasteiger charge is -2.26. The van der Waals surface area contributed by atoms with Crippen LogP contribution in [-0.2, 0) is 16.4 Å². The van der Waals surface area contributed by atoms with Gasteiger partial charge in [0.05, 0.1) is 9.88 Å². The Balaban J connectivity index is 2.23. The van der Waals surface area contributed by atoms with Gasteiger partial charge in [-0.25, -0.2) is 8.42 Å². The molecule has 0 aliphatic carbocycles. The van der Waals surface area contributed by atoms with Crippen LogP contribution in [0, 0.1) is 0 Å². The third-order valence-corrected chi connectivity index (χ3v) is 6.07. The number of hydrogen-bond donors (Lipinski definition) is 1. The molecule has 2 N–H and O–H groups in total. The van der Waals surface area contributed by atoms with Crippen LogP contribution < -0.4 is 5.73 Å². The van der Waals surface area contributed by atoms with Crippen LogP contribution in [0.3, 0.4) is 0 Å². The van der Waals surface area contributed by atoms with Crippen molar-refractivity contribution in [2.75, 3.05) is 6.54 Å². The maximum absolute atomic E-state index is 12.8. The zero-order valence-corrected chi connectivity index (χ0v) is 13.9. The molecule has 1 saturated heterocycles. The van der Waals surface area contributed by atoms with E-state index in [0.717, 1.165) is 31.2 Å². The minimum absolute atomic E-state index is 0.0637. The molecule has 0 amide bonds. The van der Waals surface area contributed by atoms with Crippen molar-refractivity contribution in [3.8, 4) is 0 Å². The van der Waals surface area contributed by atoms with Crippen molar-refractivity contribution in [2.45, 2.75) is 50.0 Å². The molecule has 1 unspecified atom stereocenters. The number of hydrogen-bond acceptors (Lipinski definition) is 3. The van der Waals surface area contributed by atoms with Gasteiger partial charge in [0, 0.05) is 19.0 Å². The van der Waals surface area contributed by atoms with Crippen molar-refractivity contribution >= 4 is 27.2 Å².